The number of hydrogen-bond acceptors (Lipinski definition) is 3. The number of hydrogen-bond donors (Lipinski definition) is 1. The van der Waals surface area contributed by atoms with Crippen LogP contribution in [0.4, 0.5) is 0 Å². The number of thioether (sulfide) groups is 1. The average Bonchev–Trinajstić information content (AvgIpc) is 3.04. The summed E-state index contributed by atoms with van der Waals surface area (Å²) in [6.45, 7) is 3.77. The smallest absolute Gasteiger partial charge is 0.225 e. The molecule has 142 valence electrons. The van der Waals surface area contributed by atoms with Gasteiger partial charge in [-0.15, -0.1) is 0 Å². The van der Waals surface area contributed by atoms with E-state index < -0.39 is 0 Å². The second-order valence-corrected chi connectivity index (χ2v) is 8.10. The maximum absolute atomic E-state index is 12.4. The van der Waals surface area contributed by atoms with Gasteiger partial charge in [0.1, 0.15) is 0 Å². The van der Waals surface area contributed by atoms with Crippen LogP contribution in [0.5, 0.6) is 0 Å². The van der Waals surface area contributed by atoms with Crippen LogP contribution >= 0.6 is 11.8 Å². The third-order valence-corrected chi connectivity index (χ3v) is 5.77. The summed E-state index contributed by atoms with van der Waals surface area (Å²) in [5.74, 6) is 1.64. The number of likely N-dealkylation sites (tertiary alicyclic amines) is 1. The zero-order valence-electron chi connectivity index (χ0n) is 15.7. The molecule has 1 aliphatic rings. The van der Waals surface area contributed by atoms with Crippen LogP contribution in [-0.2, 0) is 21.9 Å². The minimum Gasteiger partial charge on any atom is -0.355 e. The standard InChI is InChI=1S/C22H26N2O2S/c1-17-7-9-18(10-8-17)14-24-15-20(13-21(24)25)22(26)23-11-12-27-16-19-5-3-2-4-6-19/h2-10,20H,11-16H2,1H3,(H,23,26)/t20-/m0/s1. The van der Waals surface area contributed by atoms with E-state index in [-0.39, 0.29) is 17.7 Å². The second kappa shape index (κ2) is 9.60. The highest BCUT2D eigenvalue weighted by Gasteiger charge is 2.33. The van der Waals surface area contributed by atoms with Crippen molar-refractivity contribution in [3.63, 3.8) is 0 Å². The lowest BCUT2D eigenvalue weighted by molar-refractivity contribution is -0.129. The number of benzene rings is 2. The summed E-state index contributed by atoms with van der Waals surface area (Å²) in [7, 11) is 0. The van der Waals surface area contributed by atoms with Crippen LogP contribution in [-0.4, -0.2) is 35.6 Å². The van der Waals surface area contributed by atoms with Crippen LogP contribution < -0.4 is 5.32 Å². The van der Waals surface area contributed by atoms with Gasteiger partial charge in [0.2, 0.25) is 11.8 Å². The molecule has 1 fully saturated rings. The molecule has 1 heterocycles. The van der Waals surface area contributed by atoms with Crippen molar-refractivity contribution in [3.05, 3.63) is 71.3 Å². The third-order valence-electron chi connectivity index (χ3n) is 4.74. The fraction of sp³-hybridized carbons (Fsp3) is 0.364. The summed E-state index contributed by atoms with van der Waals surface area (Å²) in [5, 5.41) is 2.98. The van der Waals surface area contributed by atoms with Crippen LogP contribution in [0.15, 0.2) is 54.6 Å². The third kappa shape index (κ3) is 5.86. The van der Waals surface area contributed by atoms with E-state index >= 15 is 0 Å². The highest BCUT2D eigenvalue weighted by atomic mass is 32.2. The quantitative estimate of drug-likeness (QED) is 0.712. The van der Waals surface area contributed by atoms with Gasteiger partial charge in [-0.05, 0) is 18.1 Å². The Kier molecular flexibility index (Phi) is 6.93. The molecule has 1 N–H and O–H groups in total. The van der Waals surface area contributed by atoms with Crippen molar-refractivity contribution in [1.29, 1.82) is 0 Å². The Morgan fingerprint density at radius 1 is 1.11 bits per heavy atom. The Balaban J connectivity index is 1.37. The molecular weight excluding hydrogens is 356 g/mol. The van der Waals surface area contributed by atoms with E-state index in [4.69, 9.17) is 0 Å². The number of amides is 2. The second-order valence-electron chi connectivity index (χ2n) is 6.99. The number of nitrogens with zero attached hydrogens (tertiary/aromatic N) is 1. The van der Waals surface area contributed by atoms with Gasteiger partial charge in [-0.1, -0.05) is 60.2 Å². The minimum absolute atomic E-state index is 0.00457. The van der Waals surface area contributed by atoms with Crippen molar-refractivity contribution in [2.24, 2.45) is 5.92 Å². The van der Waals surface area contributed by atoms with E-state index in [1.807, 2.05) is 49.4 Å². The molecule has 0 spiro atoms. The zero-order chi connectivity index (χ0) is 19.1. The number of nitrogens with one attached hydrogen (secondary N) is 1. The first-order valence-electron chi connectivity index (χ1n) is 9.34. The maximum Gasteiger partial charge on any atom is 0.225 e. The fourth-order valence-corrected chi connectivity index (χ4v) is 3.99. The molecule has 5 heteroatoms. The van der Waals surface area contributed by atoms with Crippen LogP contribution in [0.1, 0.15) is 23.1 Å². The molecule has 1 saturated heterocycles. The SMILES string of the molecule is Cc1ccc(CN2C[C@@H](C(=O)NCCSCc3ccccc3)CC2=O)cc1. The maximum atomic E-state index is 12.4. The topological polar surface area (TPSA) is 49.4 Å². The predicted molar refractivity (Wildman–Crippen MR) is 110 cm³/mol. The van der Waals surface area contributed by atoms with Gasteiger partial charge in [-0.2, -0.15) is 11.8 Å². The predicted octanol–water partition coefficient (Wildman–Crippen LogP) is 3.39. The Morgan fingerprint density at radius 3 is 2.59 bits per heavy atom. The summed E-state index contributed by atoms with van der Waals surface area (Å²) in [6, 6.07) is 18.5. The Bertz CT molecular complexity index is 762. The van der Waals surface area contributed by atoms with Crippen LogP contribution in [0, 0.1) is 12.8 Å². The van der Waals surface area contributed by atoms with Crippen molar-refractivity contribution in [2.45, 2.75) is 25.6 Å². The largest absolute Gasteiger partial charge is 0.355 e. The summed E-state index contributed by atoms with van der Waals surface area (Å²) in [6.07, 6.45) is 0.314. The molecule has 0 aliphatic carbocycles. The number of aryl methyl sites for hydroxylation is 1. The first-order chi connectivity index (χ1) is 13.1. The van der Waals surface area contributed by atoms with E-state index in [1.165, 1.54) is 11.1 Å². The molecule has 1 aliphatic heterocycles. The molecule has 0 unspecified atom stereocenters. The highest BCUT2D eigenvalue weighted by Crippen LogP contribution is 2.20. The van der Waals surface area contributed by atoms with Gasteiger partial charge in [-0.25, -0.2) is 0 Å². The molecule has 0 radical (unpaired) electrons. The van der Waals surface area contributed by atoms with Crippen LogP contribution in [0.25, 0.3) is 0 Å². The number of rotatable bonds is 8. The first-order valence-corrected chi connectivity index (χ1v) is 10.5. The zero-order valence-corrected chi connectivity index (χ0v) is 16.5. The summed E-state index contributed by atoms with van der Waals surface area (Å²) < 4.78 is 0. The molecule has 2 aromatic rings. The van der Waals surface area contributed by atoms with Crippen molar-refractivity contribution in [2.75, 3.05) is 18.8 Å². The minimum atomic E-state index is -0.234. The monoisotopic (exact) mass is 382 g/mol. The van der Waals surface area contributed by atoms with Crippen LogP contribution in [0.3, 0.4) is 0 Å². The van der Waals surface area contributed by atoms with Crippen molar-refractivity contribution < 1.29 is 9.59 Å². The lowest BCUT2D eigenvalue weighted by Gasteiger charge is -2.17. The Labute approximate surface area is 165 Å². The lowest BCUT2D eigenvalue weighted by atomic mass is 10.1. The normalized spacial score (nSPS) is 16.6. The van der Waals surface area contributed by atoms with E-state index in [0.717, 1.165) is 17.1 Å². The van der Waals surface area contributed by atoms with E-state index in [2.05, 4.69) is 17.4 Å². The van der Waals surface area contributed by atoms with Gasteiger partial charge in [0.05, 0.1) is 5.92 Å². The molecule has 0 bridgehead atoms. The molecule has 1 atom stereocenters. The van der Waals surface area contributed by atoms with E-state index in [0.29, 0.717) is 26.1 Å². The molecule has 27 heavy (non-hydrogen) atoms. The lowest BCUT2D eigenvalue weighted by Crippen LogP contribution is -2.34. The van der Waals surface area contributed by atoms with Gasteiger partial charge in [0.15, 0.2) is 0 Å². The van der Waals surface area contributed by atoms with Crippen molar-refractivity contribution in [3.8, 4) is 0 Å². The van der Waals surface area contributed by atoms with E-state index in [1.54, 1.807) is 16.7 Å². The highest BCUT2D eigenvalue weighted by molar-refractivity contribution is 7.98. The first kappa shape index (κ1) is 19.5. The fourth-order valence-electron chi connectivity index (χ4n) is 3.17. The number of carbonyl (C=O) groups excluding carboxylic acids is 2. The van der Waals surface area contributed by atoms with E-state index in [9.17, 15) is 9.59 Å². The summed E-state index contributed by atoms with van der Waals surface area (Å²) in [4.78, 5) is 26.4. The van der Waals surface area contributed by atoms with Gasteiger partial charge < -0.3 is 10.2 Å². The molecule has 0 saturated carbocycles. The Hall–Kier alpha value is -2.27. The molecule has 4 nitrogen and oxygen atoms in total. The molecule has 2 amide bonds. The average molecular weight is 383 g/mol. The van der Waals surface area contributed by atoms with Gasteiger partial charge in [0.25, 0.3) is 0 Å². The summed E-state index contributed by atoms with van der Waals surface area (Å²) >= 11 is 1.80. The molecule has 3 rings (SSSR count). The molecular formula is C22H26N2O2S. The molecule has 2 aromatic carbocycles. The van der Waals surface area contributed by atoms with Crippen molar-refractivity contribution >= 4 is 23.6 Å². The molecule has 0 aromatic heterocycles. The van der Waals surface area contributed by atoms with Gasteiger partial charge >= 0.3 is 0 Å². The summed E-state index contributed by atoms with van der Waals surface area (Å²) in [5.41, 5.74) is 3.60. The van der Waals surface area contributed by atoms with Crippen molar-refractivity contribution in [1.82, 2.24) is 10.2 Å². The number of carbonyl (C=O) groups is 2. The Morgan fingerprint density at radius 2 is 1.85 bits per heavy atom. The van der Waals surface area contributed by atoms with Gasteiger partial charge in [-0.3, -0.25) is 9.59 Å². The van der Waals surface area contributed by atoms with Crippen LogP contribution in [0.2, 0.25) is 0 Å². The van der Waals surface area contributed by atoms with Gasteiger partial charge in [0, 0.05) is 37.6 Å².